The summed E-state index contributed by atoms with van der Waals surface area (Å²) in [5.41, 5.74) is 16.9. The molecular weight excluding hydrogens is 759 g/mol. The molecule has 1 heteroatoms. The Labute approximate surface area is 368 Å². The van der Waals surface area contributed by atoms with Gasteiger partial charge in [0, 0.05) is 22.5 Å². The fourth-order valence-electron chi connectivity index (χ4n) is 10.5. The molecule has 1 aliphatic carbocycles. The van der Waals surface area contributed by atoms with Gasteiger partial charge in [-0.3, -0.25) is 0 Å². The zero-order chi connectivity index (χ0) is 41.9. The molecule has 1 atom stereocenters. The second-order valence-electron chi connectivity index (χ2n) is 17.0. The Hall–Kier alpha value is -8.00. The Balaban J connectivity index is 1.12. The summed E-state index contributed by atoms with van der Waals surface area (Å²) in [6.07, 6.45) is 0. The highest BCUT2D eigenvalue weighted by Crippen LogP contribution is 2.54. The predicted molar refractivity (Wildman–Crippen MR) is 267 cm³/mol. The van der Waals surface area contributed by atoms with E-state index in [0.717, 1.165) is 17.1 Å². The molecular formula is C62H43N. The van der Waals surface area contributed by atoms with Gasteiger partial charge in [0.2, 0.25) is 0 Å². The molecule has 0 spiro atoms. The normalized spacial score (nSPS) is 14.2. The Morgan fingerprint density at radius 3 is 1.52 bits per heavy atom. The minimum atomic E-state index is -0.279. The van der Waals surface area contributed by atoms with Crippen LogP contribution in [0.3, 0.4) is 0 Å². The topological polar surface area (TPSA) is 3.24 Å². The smallest absolute Gasteiger partial charge is 0.0468 e. The average Bonchev–Trinajstić information content (AvgIpc) is 3.62. The summed E-state index contributed by atoms with van der Waals surface area (Å²) in [6.45, 7) is 2.39. The van der Waals surface area contributed by atoms with Gasteiger partial charge in [0.15, 0.2) is 0 Å². The van der Waals surface area contributed by atoms with E-state index in [1.807, 2.05) is 0 Å². The lowest BCUT2D eigenvalue weighted by Gasteiger charge is -2.30. The molecule has 0 heterocycles. The fourth-order valence-corrected chi connectivity index (χ4v) is 10.5. The number of hydrogen-bond donors (Lipinski definition) is 0. The third kappa shape index (κ3) is 6.00. The van der Waals surface area contributed by atoms with E-state index in [1.165, 1.54) is 93.5 Å². The summed E-state index contributed by atoms with van der Waals surface area (Å²) in [6, 6.07) is 89.4. The summed E-state index contributed by atoms with van der Waals surface area (Å²) in [7, 11) is 0. The molecule has 0 radical (unpaired) electrons. The van der Waals surface area contributed by atoms with Crippen LogP contribution in [0.4, 0.5) is 17.1 Å². The predicted octanol–water partition coefficient (Wildman–Crippen LogP) is 17.0. The van der Waals surface area contributed by atoms with Crippen LogP contribution in [0, 0.1) is 0 Å². The van der Waals surface area contributed by atoms with Crippen molar-refractivity contribution in [2.45, 2.75) is 12.3 Å². The van der Waals surface area contributed by atoms with E-state index in [9.17, 15) is 0 Å². The molecule has 0 bridgehead atoms. The van der Waals surface area contributed by atoms with Gasteiger partial charge in [0.1, 0.15) is 0 Å². The first-order valence-corrected chi connectivity index (χ1v) is 21.9. The van der Waals surface area contributed by atoms with Crippen molar-refractivity contribution in [2.24, 2.45) is 0 Å². The van der Waals surface area contributed by atoms with Gasteiger partial charge >= 0.3 is 0 Å². The van der Waals surface area contributed by atoms with E-state index >= 15 is 0 Å². The molecule has 1 unspecified atom stereocenters. The molecule has 0 fully saturated rings. The van der Waals surface area contributed by atoms with Crippen molar-refractivity contribution in [3.05, 3.63) is 259 Å². The van der Waals surface area contributed by atoms with E-state index < -0.39 is 0 Å². The van der Waals surface area contributed by atoms with Gasteiger partial charge < -0.3 is 4.90 Å². The maximum absolute atomic E-state index is 2.47. The molecule has 0 N–H and O–H groups in total. The third-order valence-corrected chi connectivity index (χ3v) is 13.5. The number of benzene rings is 11. The van der Waals surface area contributed by atoms with Crippen LogP contribution in [0.5, 0.6) is 0 Å². The van der Waals surface area contributed by atoms with Gasteiger partial charge in [0.05, 0.1) is 0 Å². The van der Waals surface area contributed by atoms with Crippen LogP contribution in [0.2, 0.25) is 0 Å². The summed E-state index contributed by atoms with van der Waals surface area (Å²) in [5, 5.41) is 7.37. The Bertz CT molecular complexity index is 3500. The van der Waals surface area contributed by atoms with Crippen molar-refractivity contribution < 1.29 is 0 Å². The molecule has 1 nitrogen and oxygen atoms in total. The summed E-state index contributed by atoms with van der Waals surface area (Å²) in [5.74, 6) is 0. The Morgan fingerprint density at radius 1 is 0.302 bits per heavy atom. The van der Waals surface area contributed by atoms with Crippen LogP contribution < -0.4 is 4.90 Å². The van der Waals surface area contributed by atoms with Crippen LogP contribution in [0.1, 0.15) is 23.6 Å². The fraction of sp³-hybridized carbons (Fsp3) is 0.0323. The van der Waals surface area contributed by atoms with E-state index in [4.69, 9.17) is 0 Å². The van der Waals surface area contributed by atoms with Crippen LogP contribution in [-0.2, 0) is 5.41 Å². The molecule has 0 saturated carbocycles. The minimum Gasteiger partial charge on any atom is -0.310 e. The molecule has 63 heavy (non-hydrogen) atoms. The molecule has 0 aliphatic heterocycles. The van der Waals surface area contributed by atoms with E-state index in [2.05, 4.69) is 254 Å². The maximum Gasteiger partial charge on any atom is 0.0468 e. The van der Waals surface area contributed by atoms with Crippen molar-refractivity contribution in [1.82, 2.24) is 0 Å². The number of anilines is 3. The van der Waals surface area contributed by atoms with Gasteiger partial charge in [-0.15, -0.1) is 0 Å². The molecule has 296 valence electrons. The second-order valence-corrected chi connectivity index (χ2v) is 17.0. The van der Waals surface area contributed by atoms with Crippen LogP contribution >= 0.6 is 0 Å². The van der Waals surface area contributed by atoms with Crippen LogP contribution in [-0.4, -0.2) is 0 Å². The van der Waals surface area contributed by atoms with E-state index in [0.29, 0.717) is 0 Å². The highest BCUT2D eigenvalue weighted by atomic mass is 15.1. The highest BCUT2D eigenvalue weighted by molar-refractivity contribution is 6.22. The van der Waals surface area contributed by atoms with Gasteiger partial charge in [-0.25, -0.2) is 0 Å². The van der Waals surface area contributed by atoms with Crippen molar-refractivity contribution in [3.8, 4) is 44.5 Å². The zero-order valence-corrected chi connectivity index (χ0v) is 35.0. The van der Waals surface area contributed by atoms with Gasteiger partial charge in [-0.2, -0.15) is 0 Å². The monoisotopic (exact) mass is 801 g/mol. The van der Waals surface area contributed by atoms with Crippen molar-refractivity contribution in [2.75, 3.05) is 4.90 Å². The lowest BCUT2D eigenvalue weighted by molar-refractivity contribution is 0.714. The molecule has 0 amide bonds. The van der Waals surface area contributed by atoms with E-state index in [-0.39, 0.29) is 5.41 Å². The maximum atomic E-state index is 2.47. The van der Waals surface area contributed by atoms with E-state index in [1.54, 1.807) is 0 Å². The minimum absolute atomic E-state index is 0.279. The van der Waals surface area contributed by atoms with Crippen molar-refractivity contribution in [3.63, 3.8) is 0 Å². The number of nitrogens with zero attached hydrogens (tertiary/aromatic N) is 1. The van der Waals surface area contributed by atoms with Gasteiger partial charge in [0.25, 0.3) is 0 Å². The second kappa shape index (κ2) is 14.9. The lowest BCUT2D eigenvalue weighted by Crippen LogP contribution is -2.22. The summed E-state index contributed by atoms with van der Waals surface area (Å²) in [4.78, 5) is 2.47. The third-order valence-electron chi connectivity index (χ3n) is 13.5. The van der Waals surface area contributed by atoms with Crippen LogP contribution in [0.15, 0.2) is 243 Å². The number of rotatable bonds is 7. The first-order valence-electron chi connectivity index (χ1n) is 21.9. The molecule has 12 rings (SSSR count). The first kappa shape index (κ1) is 36.8. The number of hydrogen-bond acceptors (Lipinski definition) is 1. The lowest BCUT2D eigenvalue weighted by atomic mass is 9.74. The van der Waals surface area contributed by atoms with Gasteiger partial charge in [-0.1, -0.05) is 200 Å². The zero-order valence-electron chi connectivity index (χ0n) is 35.0. The Kier molecular flexibility index (Phi) is 8.69. The van der Waals surface area contributed by atoms with Crippen molar-refractivity contribution in [1.29, 1.82) is 0 Å². The van der Waals surface area contributed by atoms with Crippen LogP contribution in [0.25, 0.3) is 76.8 Å². The first-order chi connectivity index (χ1) is 31.1. The standard InChI is InChI=1S/C62H43N/c1-62(48-24-12-5-13-25-48)58-29-17-16-27-54(58)56-40-51(35-37-59(56)62)63(49-33-32-46-38-45(30-31-47(46)39-49)42-18-6-2-7-19-42)50-34-36-53-52-26-14-15-28-55(52)60(43-20-8-3-9-21-43)61(57(53)41-50)44-22-10-4-11-23-44/h2-41H,1H3. The molecule has 0 aromatic heterocycles. The highest BCUT2D eigenvalue weighted by Gasteiger charge is 2.41. The Morgan fingerprint density at radius 2 is 0.794 bits per heavy atom. The number of fused-ring (bicyclic) bond motifs is 7. The van der Waals surface area contributed by atoms with Crippen molar-refractivity contribution >= 4 is 49.4 Å². The summed E-state index contributed by atoms with van der Waals surface area (Å²) < 4.78 is 0. The largest absolute Gasteiger partial charge is 0.310 e. The quantitative estimate of drug-likeness (QED) is 0.145. The van der Waals surface area contributed by atoms with Gasteiger partial charge in [-0.05, 0) is 143 Å². The molecule has 0 saturated heterocycles. The molecule has 11 aromatic carbocycles. The average molecular weight is 802 g/mol. The molecule has 11 aromatic rings. The SMILES string of the molecule is CC1(c2ccccc2)c2ccccc2-c2cc(N(c3ccc4cc(-c5ccccc5)ccc4c3)c3ccc4c(c3)c(-c3ccccc3)c(-c3ccccc3)c3ccccc34)ccc21. The summed E-state index contributed by atoms with van der Waals surface area (Å²) >= 11 is 0. The molecule has 1 aliphatic rings.